The number of aryl methyl sites for hydroxylation is 1. The van der Waals surface area contributed by atoms with Gasteiger partial charge in [0.05, 0.1) is 7.11 Å². The number of hydrogen-bond acceptors (Lipinski definition) is 2. The molecular formula is C15H22N2O. The summed E-state index contributed by atoms with van der Waals surface area (Å²) >= 11 is 0. The molecule has 0 aliphatic heterocycles. The minimum absolute atomic E-state index is 0.462. The standard InChI is InChI=1S/C15H22N2O/c1-11(2)17-13(5-4-8-16)9-12-10-14(18-3)6-7-15(12)17/h6-7,9-11H,4-5,8,16H2,1-3H3. The van der Waals surface area contributed by atoms with Crippen LogP contribution in [0.25, 0.3) is 10.9 Å². The van der Waals surface area contributed by atoms with Crippen molar-refractivity contribution in [1.82, 2.24) is 4.57 Å². The Bertz CT molecular complexity index is 529. The van der Waals surface area contributed by atoms with Gasteiger partial charge in [0.2, 0.25) is 0 Å². The maximum atomic E-state index is 5.61. The smallest absolute Gasteiger partial charge is 0.119 e. The van der Waals surface area contributed by atoms with Gasteiger partial charge < -0.3 is 15.0 Å². The second-order valence-electron chi connectivity index (χ2n) is 4.92. The van der Waals surface area contributed by atoms with Crippen molar-refractivity contribution in [2.45, 2.75) is 32.7 Å². The van der Waals surface area contributed by atoms with Gasteiger partial charge in [-0.3, -0.25) is 0 Å². The fourth-order valence-electron chi connectivity index (χ4n) is 2.48. The topological polar surface area (TPSA) is 40.2 Å². The number of methoxy groups -OCH3 is 1. The second kappa shape index (κ2) is 5.44. The number of aromatic nitrogens is 1. The molecular weight excluding hydrogens is 224 g/mol. The summed E-state index contributed by atoms with van der Waals surface area (Å²) in [7, 11) is 1.70. The van der Waals surface area contributed by atoms with Crippen LogP contribution in [0, 0.1) is 0 Å². The first kappa shape index (κ1) is 13.0. The van der Waals surface area contributed by atoms with E-state index in [2.05, 4.69) is 36.6 Å². The summed E-state index contributed by atoms with van der Waals surface area (Å²) in [5.41, 5.74) is 8.25. The van der Waals surface area contributed by atoms with Crippen molar-refractivity contribution >= 4 is 10.9 Å². The van der Waals surface area contributed by atoms with Gasteiger partial charge in [-0.05, 0) is 57.5 Å². The maximum Gasteiger partial charge on any atom is 0.119 e. The van der Waals surface area contributed by atoms with E-state index in [0.29, 0.717) is 6.04 Å². The molecule has 0 aliphatic carbocycles. The molecule has 98 valence electrons. The first-order valence-electron chi connectivity index (χ1n) is 6.55. The van der Waals surface area contributed by atoms with Crippen LogP contribution in [-0.4, -0.2) is 18.2 Å². The highest BCUT2D eigenvalue weighted by atomic mass is 16.5. The monoisotopic (exact) mass is 246 g/mol. The molecule has 2 aromatic rings. The van der Waals surface area contributed by atoms with Crippen LogP contribution in [0.2, 0.25) is 0 Å². The highest BCUT2D eigenvalue weighted by Gasteiger charge is 2.11. The largest absolute Gasteiger partial charge is 0.497 e. The first-order chi connectivity index (χ1) is 8.67. The summed E-state index contributed by atoms with van der Waals surface area (Å²) in [6.07, 6.45) is 2.06. The number of ether oxygens (including phenoxy) is 1. The van der Waals surface area contributed by atoms with E-state index in [-0.39, 0.29) is 0 Å². The van der Waals surface area contributed by atoms with Crippen molar-refractivity contribution in [3.63, 3.8) is 0 Å². The quantitative estimate of drug-likeness (QED) is 0.880. The summed E-state index contributed by atoms with van der Waals surface area (Å²) < 4.78 is 7.68. The van der Waals surface area contributed by atoms with Crippen LogP contribution in [0.15, 0.2) is 24.3 Å². The normalized spacial score (nSPS) is 11.4. The molecule has 0 atom stereocenters. The van der Waals surface area contributed by atoms with Gasteiger partial charge in [-0.15, -0.1) is 0 Å². The Morgan fingerprint density at radius 1 is 1.28 bits per heavy atom. The van der Waals surface area contributed by atoms with Gasteiger partial charge in [-0.25, -0.2) is 0 Å². The second-order valence-corrected chi connectivity index (χ2v) is 4.92. The Labute approximate surface area is 109 Å². The highest BCUT2D eigenvalue weighted by Crippen LogP contribution is 2.28. The summed E-state index contributed by atoms with van der Waals surface area (Å²) in [4.78, 5) is 0. The Balaban J connectivity index is 2.51. The molecule has 1 heterocycles. The molecule has 0 radical (unpaired) electrons. The number of benzene rings is 1. The van der Waals surface area contributed by atoms with Gasteiger partial charge in [0.1, 0.15) is 5.75 Å². The molecule has 3 heteroatoms. The van der Waals surface area contributed by atoms with Crippen molar-refractivity contribution < 1.29 is 4.74 Å². The van der Waals surface area contributed by atoms with Gasteiger partial charge in [-0.1, -0.05) is 0 Å². The Kier molecular flexibility index (Phi) is 3.92. The van der Waals surface area contributed by atoms with Crippen LogP contribution in [0.1, 0.15) is 32.0 Å². The number of hydrogen-bond donors (Lipinski definition) is 1. The van der Waals surface area contributed by atoms with Crippen molar-refractivity contribution in [3.8, 4) is 5.75 Å². The Morgan fingerprint density at radius 3 is 2.67 bits per heavy atom. The average Bonchev–Trinajstić information content (AvgIpc) is 2.73. The lowest BCUT2D eigenvalue weighted by Gasteiger charge is -2.14. The molecule has 18 heavy (non-hydrogen) atoms. The van der Waals surface area contributed by atoms with E-state index in [1.165, 1.54) is 16.6 Å². The SMILES string of the molecule is COc1ccc2c(c1)cc(CCCN)n2C(C)C. The fourth-order valence-corrected chi connectivity index (χ4v) is 2.48. The van der Waals surface area contributed by atoms with E-state index >= 15 is 0 Å². The molecule has 0 fully saturated rings. The lowest BCUT2D eigenvalue weighted by atomic mass is 10.2. The minimum Gasteiger partial charge on any atom is -0.497 e. The predicted octanol–water partition coefficient (Wildman–Crippen LogP) is 3.12. The third-order valence-electron chi connectivity index (χ3n) is 3.28. The molecule has 0 aliphatic rings. The van der Waals surface area contributed by atoms with Gasteiger partial charge in [-0.2, -0.15) is 0 Å². The van der Waals surface area contributed by atoms with E-state index < -0.39 is 0 Å². The Morgan fingerprint density at radius 2 is 2.06 bits per heavy atom. The van der Waals surface area contributed by atoms with Crippen LogP contribution in [0.3, 0.4) is 0 Å². The first-order valence-corrected chi connectivity index (χ1v) is 6.55. The van der Waals surface area contributed by atoms with E-state index in [1.54, 1.807) is 7.11 Å². The van der Waals surface area contributed by atoms with Crippen molar-refractivity contribution in [3.05, 3.63) is 30.0 Å². The molecule has 1 aromatic heterocycles. The van der Waals surface area contributed by atoms with Crippen LogP contribution >= 0.6 is 0 Å². The van der Waals surface area contributed by atoms with Gasteiger partial charge in [0, 0.05) is 22.6 Å². The zero-order valence-electron chi connectivity index (χ0n) is 11.4. The lowest BCUT2D eigenvalue weighted by Crippen LogP contribution is -2.08. The predicted molar refractivity (Wildman–Crippen MR) is 76.3 cm³/mol. The van der Waals surface area contributed by atoms with Crippen molar-refractivity contribution in [2.75, 3.05) is 13.7 Å². The Hall–Kier alpha value is -1.48. The highest BCUT2D eigenvalue weighted by molar-refractivity contribution is 5.83. The minimum atomic E-state index is 0.462. The molecule has 0 saturated heterocycles. The number of rotatable bonds is 5. The zero-order chi connectivity index (χ0) is 13.1. The molecule has 1 aromatic carbocycles. The fraction of sp³-hybridized carbons (Fsp3) is 0.467. The third kappa shape index (κ3) is 2.36. The molecule has 0 amide bonds. The van der Waals surface area contributed by atoms with Crippen molar-refractivity contribution in [2.24, 2.45) is 5.73 Å². The van der Waals surface area contributed by atoms with E-state index in [9.17, 15) is 0 Å². The summed E-state index contributed by atoms with van der Waals surface area (Å²) in [6, 6.07) is 8.98. The third-order valence-corrected chi connectivity index (χ3v) is 3.28. The van der Waals surface area contributed by atoms with Crippen LogP contribution < -0.4 is 10.5 Å². The van der Waals surface area contributed by atoms with Crippen LogP contribution in [-0.2, 0) is 6.42 Å². The van der Waals surface area contributed by atoms with Gasteiger partial charge >= 0.3 is 0 Å². The molecule has 0 saturated carbocycles. The number of nitrogens with two attached hydrogens (primary N) is 1. The molecule has 0 bridgehead atoms. The molecule has 0 unspecified atom stereocenters. The van der Waals surface area contributed by atoms with E-state index in [4.69, 9.17) is 10.5 Å². The number of nitrogens with zero attached hydrogens (tertiary/aromatic N) is 1. The van der Waals surface area contributed by atoms with Crippen molar-refractivity contribution in [1.29, 1.82) is 0 Å². The molecule has 0 spiro atoms. The van der Waals surface area contributed by atoms with Crippen LogP contribution in [0.4, 0.5) is 0 Å². The average molecular weight is 246 g/mol. The number of fused-ring (bicyclic) bond motifs is 1. The van der Waals surface area contributed by atoms with Gasteiger partial charge in [0.25, 0.3) is 0 Å². The molecule has 3 nitrogen and oxygen atoms in total. The van der Waals surface area contributed by atoms with E-state index in [0.717, 1.165) is 25.1 Å². The van der Waals surface area contributed by atoms with E-state index in [1.807, 2.05) is 6.07 Å². The summed E-state index contributed by atoms with van der Waals surface area (Å²) in [6.45, 7) is 5.17. The zero-order valence-corrected chi connectivity index (χ0v) is 11.4. The molecule has 2 N–H and O–H groups in total. The van der Waals surface area contributed by atoms with Gasteiger partial charge in [0.15, 0.2) is 0 Å². The molecule has 2 rings (SSSR count). The lowest BCUT2D eigenvalue weighted by molar-refractivity contribution is 0.415. The maximum absolute atomic E-state index is 5.61. The summed E-state index contributed by atoms with van der Waals surface area (Å²) in [5, 5.41) is 1.25. The van der Waals surface area contributed by atoms with Crippen LogP contribution in [0.5, 0.6) is 5.75 Å². The summed E-state index contributed by atoms with van der Waals surface area (Å²) in [5.74, 6) is 0.911.